The minimum atomic E-state index is 0.708. The van der Waals surface area contributed by atoms with Gasteiger partial charge < -0.3 is 9.73 Å². The van der Waals surface area contributed by atoms with Gasteiger partial charge in [0.2, 0.25) is 0 Å². The standard InChI is InChI=1S/C10H15NOS/c1-8-10(4-6-12-8)13-7-9-3-2-5-11-9/h4,6,9,11H,2-3,5,7H2,1H3. The van der Waals surface area contributed by atoms with E-state index in [0.29, 0.717) is 6.04 Å². The summed E-state index contributed by atoms with van der Waals surface area (Å²) < 4.78 is 5.24. The molecule has 1 saturated heterocycles. The van der Waals surface area contributed by atoms with Crippen molar-refractivity contribution in [3.05, 3.63) is 18.1 Å². The number of nitrogens with one attached hydrogen (secondary N) is 1. The van der Waals surface area contributed by atoms with Crippen LogP contribution in [0.5, 0.6) is 0 Å². The van der Waals surface area contributed by atoms with Crippen LogP contribution in [0.3, 0.4) is 0 Å². The van der Waals surface area contributed by atoms with E-state index in [4.69, 9.17) is 4.42 Å². The van der Waals surface area contributed by atoms with Gasteiger partial charge in [-0.1, -0.05) is 0 Å². The average molecular weight is 197 g/mol. The van der Waals surface area contributed by atoms with Crippen LogP contribution >= 0.6 is 11.8 Å². The van der Waals surface area contributed by atoms with Gasteiger partial charge in [-0.2, -0.15) is 0 Å². The highest BCUT2D eigenvalue weighted by atomic mass is 32.2. The lowest BCUT2D eigenvalue weighted by molar-refractivity contribution is 0.527. The van der Waals surface area contributed by atoms with E-state index in [1.165, 1.54) is 30.0 Å². The Kier molecular flexibility index (Phi) is 2.96. The Balaban J connectivity index is 1.82. The number of rotatable bonds is 3. The maximum absolute atomic E-state index is 5.24. The molecule has 0 aliphatic carbocycles. The highest BCUT2D eigenvalue weighted by Crippen LogP contribution is 2.25. The van der Waals surface area contributed by atoms with Gasteiger partial charge in [0.25, 0.3) is 0 Å². The lowest BCUT2D eigenvalue weighted by Crippen LogP contribution is -2.23. The largest absolute Gasteiger partial charge is 0.468 e. The van der Waals surface area contributed by atoms with Crippen LogP contribution in [-0.4, -0.2) is 18.3 Å². The molecule has 2 nitrogen and oxygen atoms in total. The van der Waals surface area contributed by atoms with Crippen LogP contribution in [0, 0.1) is 6.92 Å². The first-order valence-corrected chi connectivity index (χ1v) is 5.75. The number of hydrogen-bond donors (Lipinski definition) is 1. The van der Waals surface area contributed by atoms with Crippen LogP contribution in [-0.2, 0) is 0 Å². The summed E-state index contributed by atoms with van der Waals surface area (Å²) in [6.07, 6.45) is 4.42. The van der Waals surface area contributed by atoms with Crippen LogP contribution in [0.15, 0.2) is 21.6 Å². The molecule has 1 atom stereocenters. The fraction of sp³-hybridized carbons (Fsp3) is 0.600. The Hall–Kier alpha value is -0.410. The number of aryl methyl sites for hydroxylation is 1. The third-order valence-corrected chi connectivity index (χ3v) is 3.72. The zero-order chi connectivity index (χ0) is 9.10. The first kappa shape index (κ1) is 9.16. The van der Waals surface area contributed by atoms with E-state index in [0.717, 1.165) is 5.76 Å². The first-order chi connectivity index (χ1) is 6.36. The Morgan fingerprint density at radius 2 is 2.62 bits per heavy atom. The van der Waals surface area contributed by atoms with Gasteiger partial charge in [-0.15, -0.1) is 11.8 Å². The van der Waals surface area contributed by atoms with Gasteiger partial charge in [0.15, 0.2) is 0 Å². The molecule has 1 fully saturated rings. The summed E-state index contributed by atoms with van der Waals surface area (Å²) in [5, 5.41) is 3.49. The van der Waals surface area contributed by atoms with Crippen molar-refractivity contribution < 1.29 is 4.42 Å². The number of hydrogen-bond acceptors (Lipinski definition) is 3. The van der Waals surface area contributed by atoms with E-state index in [1.54, 1.807) is 6.26 Å². The van der Waals surface area contributed by atoms with Crippen LogP contribution < -0.4 is 5.32 Å². The second kappa shape index (κ2) is 4.20. The Morgan fingerprint density at radius 1 is 1.69 bits per heavy atom. The minimum Gasteiger partial charge on any atom is -0.468 e. The van der Waals surface area contributed by atoms with E-state index in [1.807, 2.05) is 18.7 Å². The molecule has 1 aromatic rings. The van der Waals surface area contributed by atoms with E-state index in [9.17, 15) is 0 Å². The van der Waals surface area contributed by atoms with Crippen LogP contribution in [0.2, 0.25) is 0 Å². The number of furan rings is 1. The molecule has 1 aliphatic heterocycles. The molecule has 0 radical (unpaired) electrons. The summed E-state index contributed by atoms with van der Waals surface area (Å²) in [4.78, 5) is 1.29. The van der Waals surface area contributed by atoms with Gasteiger partial charge in [-0.3, -0.25) is 0 Å². The summed E-state index contributed by atoms with van der Waals surface area (Å²) in [6.45, 7) is 3.21. The molecular formula is C10H15NOS. The molecule has 13 heavy (non-hydrogen) atoms. The van der Waals surface area contributed by atoms with Gasteiger partial charge in [0.1, 0.15) is 5.76 Å². The van der Waals surface area contributed by atoms with Crippen molar-refractivity contribution in [2.45, 2.75) is 30.7 Å². The van der Waals surface area contributed by atoms with Gasteiger partial charge in [-0.05, 0) is 32.4 Å². The predicted molar refractivity (Wildman–Crippen MR) is 55.2 cm³/mol. The quantitative estimate of drug-likeness (QED) is 0.753. The molecule has 1 unspecified atom stereocenters. The van der Waals surface area contributed by atoms with E-state index in [2.05, 4.69) is 11.4 Å². The van der Waals surface area contributed by atoms with Crippen molar-refractivity contribution in [2.75, 3.05) is 12.3 Å². The Bertz CT molecular complexity index is 266. The molecule has 0 spiro atoms. The zero-order valence-corrected chi connectivity index (χ0v) is 8.69. The Labute approximate surface area is 83.1 Å². The van der Waals surface area contributed by atoms with Crippen molar-refractivity contribution >= 4 is 11.8 Å². The second-order valence-electron chi connectivity index (χ2n) is 3.45. The molecule has 2 rings (SSSR count). The third-order valence-electron chi connectivity index (χ3n) is 2.41. The normalized spacial score (nSPS) is 22.4. The van der Waals surface area contributed by atoms with Crippen molar-refractivity contribution in [1.29, 1.82) is 0 Å². The molecule has 0 amide bonds. The van der Waals surface area contributed by atoms with Gasteiger partial charge in [0, 0.05) is 16.7 Å². The highest BCUT2D eigenvalue weighted by molar-refractivity contribution is 7.99. The topological polar surface area (TPSA) is 25.2 Å². The smallest absolute Gasteiger partial charge is 0.114 e. The van der Waals surface area contributed by atoms with Crippen molar-refractivity contribution in [3.63, 3.8) is 0 Å². The molecule has 1 N–H and O–H groups in total. The monoisotopic (exact) mass is 197 g/mol. The number of thioether (sulfide) groups is 1. The molecule has 3 heteroatoms. The minimum absolute atomic E-state index is 0.708. The van der Waals surface area contributed by atoms with E-state index in [-0.39, 0.29) is 0 Å². The second-order valence-corrected chi connectivity index (χ2v) is 4.51. The molecule has 72 valence electrons. The van der Waals surface area contributed by atoms with Gasteiger partial charge in [-0.25, -0.2) is 0 Å². The molecule has 0 bridgehead atoms. The first-order valence-electron chi connectivity index (χ1n) is 4.76. The van der Waals surface area contributed by atoms with Crippen molar-refractivity contribution in [2.24, 2.45) is 0 Å². The summed E-state index contributed by atoms with van der Waals surface area (Å²) >= 11 is 1.89. The summed E-state index contributed by atoms with van der Waals surface area (Å²) in [7, 11) is 0. The fourth-order valence-corrected chi connectivity index (χ4v) is 2.68. The van der Waals surface area contributed by atoms with E-state index >= 15 is 0 Å². The summed E-state index contributed by atoms with van der Waals surface area (Å²) in [5.74, 6) is 2.21. The molecule has 1 aliphatic rings. The lowest BCUT2D eigenvalue weighted by Gasteiger charge is -2.08. The fourth-order valence-electron chi connectivity index (χ4n) is 1.61. The van der Waals surface area contributed by atoms with E-state index < -0.39 is 0 Å². The maximum Gasteiger partial charge on any atom is 0.114 e. The van der Waals surface area contributed by atoms with Crippen molar-refractivity contribution in [1.82, 2.24) is 5.32 Å². The molecule has 1 aromatic heterocycles. The molecular weight excluding hydrogens is 182 g/mol. The van der Waals surface area contributed by atoms with Crippen LogP contribution in [0.25, 0.3) is 0 Å². The molecule has 0 aromatic carbocycles. The van der Waals surface area contributed by atoms with Crippen LogP contribution in [0.4, 0.5) is 0 Å². The summed E-state index contributed by atoms with van der Waals surface area (Å²) in [6, 6.07) is 2.76. The third kappa shape index (κ3) is 2.29. The van der Waals surface area contributed by atoms with Crippen molar-refractivity contribution in [3.8, 4) is 0 Å². The van der Waals surface area contributed by atoms with Crippen LogP contribution in [0.1, 0.15) is 18.6 Å². The molecule has 2 heterocycles. The van der Waals surface area contributed by atoms with Gasteiger partial charge in [0.05, 0.1) is 6.26 Å². The average Bonchev–Trinajstić information content (AvgIpc) is 2.72. The maximum atomic E-state index is 5.24. The van der Waals surface area contributed by atoms with Gasteiger partial charge >= 0.3 is 0 Å². The lowest BCUT2D eigenvalue weighted by atomic mass is 10.3. The molecule has 0 saturated carbocycles. The SMILES string of the molecule is Cc1occc1SCC1CCCN1. The Morgan fingerprint density at radius 3 is 3.23 bits per heavy atom. The summed E-state index contributed by atoms with van der Waals surface area (Å²) in [5.41, 5.74) is 0. The highest BCUT2D eigenvalue weighted by Gasteiger charge is 2.14. The zero-order valence-electron chi connectivity index (χ0n) is 7.88. The predicted octanol–water partition coefficient (Wildman–Crippen LogP) is 2.43.